The Labute approximate surface area is 190 Å². The maximum Gasteiger partial charge on any atom is 0.340 e. The number of esters is 2. The van der Waals surface area contributed by atoms with Crippen molar-refractivity contribution in [3.05, 3.63) is 56.6 Å². The van der Waals surface area contributed by atoms with Gasteiger partial charge in [0, 0.05) is 25.8 Å². The van der Waals surface area contributed by atoms with Gasteiger partial charge in [0.2, 0.25) is 12.6 Å². The average Bonchev–Trinajstić information content (AvgIpc) is 3.40. The molecule has 0 bridgehead atoms. The molecule has 0 saturated carbocycles. The third kappa shape index (κ3) is 4.41. The summed E-state index contributed by atoms with van der Waals surface area (Å²) in [6.45, 7) is 1.98. The monoisotopic (exact) mass is 478 g/mol. The zero-order chi connectivity index (χ0) is 24.6. The molecule has 13 heteroatoms. The fourth-order valence-corrected chi connectivity index (χ4v) is 3.64. The largest absolute Gasteiger partial charge is 0.463 e. The maximum absolute atomic E-state index is 14.5. The Morgan fingerprint density at radius 1 is 1.12 bits per heavy atom. The summed E-state index contributed by atoms with van der Waals surface area (Å²) in [7, 11) is 0. The fourth-order valence-electron chi connectivity index (χ4n) is 3.64. The third-order valence-electron chi connectivity index (χ3n) is 5.15. The van der Waals surface area contributed by atoms with E-state index in [9.17, 15) is 28.4 Å². The van der Waals surface area contributed by atoms with Crippen molar-refractivity contribution in [1.82, 2.24) is 9.13 Å². The Morgan fingerprint density at radius 3 is 2.56 bits per heavy atom. The van der Waals surface area contributed by atoms with Crippen LogP contribution in [0.15, 0.2) is 34.0 Å². The number of aromatic nitrogens is 2. The molecule has 180 valence electrons. The van der Waals surface area contributed by atoms with Crippen molar-refractivity contribution in [3.8, 4) is 11.5 Å². The van der Waals surface area contributed by atoms with E-state index in [4.69, 9.17) is 23.7 Å². The zero-order valence-corrected chi connectivity index (χ0v) is 18.0. The SMILES string of the molecule is CC(=O)OC[C@H]1O[C@@H](n2cc(F)c(=O)n(C(=O)c3ccc4c(c3)OCO4)c2=O)C[C@@H]1OC(C)=O. The molecule has 0 unspecified atom stereocenters. The van der Waals surface area contributed by atoms with Gasteiger partial charge in [0.25, 0.3) is 11.5 Å². The second-order valence-corrected chi connectivity index (χ2v) is 7.50. The Morgan fingerprint density at radius 2 is 1.85 bits per heavy atom. The van der Waals surface area contributed by atoms with Gasteiger partial charge in [-0.2, -0.15) is 8.96 Å². The van der Waals surface area contributed by atoms with Crippen molar-refractivity contribution in [2.24, 2.45) is 0 Å². The van der Waals surface area contributed by atoms with Gasteiger partial charge in [-0.25, -0.2) is 4.79 Å². The van der Waals surface area contributed by atoms with E-state index in [0.29, 0.717) is 16.5 Å². The van der Waals surface area contributed by atoms with Crippen molar-refractivity contribution >= 4 is 17.8 Å². The summed E-state index contributed by atoms with van der Waals surface area (Å²) in [5.74, 6) is -3.14. The molecule has 4 rings (SSSR count). The van der Waals surface area contributed by atoms with Crippen LogP contribution in [-0.2, 0) is 23.8 Å². The first-order valence-electron chi connectivity index (χ1n) is 10.1. The Hall–Kier alpha value is -4.00. The van der Waals surface area contributed by atoms with Gasteiger partial charge in [-0.3, -0.25) is 23.7 Å². The van der Waals surface area contributed by atoms with Crippen LogP contribution in [0.5, 0.6) is 11.5 Å². The number of hydrogen-bond acceptors (Lipinski definition) is 10. The van der Waals surface area contributed by atoms with Crippen LogP contribution >= 0.6 is 0 Å². The Balaban J connectivity index is 1.69. The summed E-state index contributed by atoms with van der Waals surface area (Å²) in [5, 5.41) is 0. The summed E-state index contributed by atoms with van der Waals surface area (Å²) in [5.41, 5.74) is -2.73. The summed E-state index contributed by atoms with van der Waals surface area (Å²) >= 11 is 0. The van der Waals surface area contributed by atoms with Crippen LogP contribution in [0.4, 0.5) is 4.39 Å². The van der Waals surface area contributed by atoms with Gasteiger partial charge in [0.1, 0.15) is 25.0 Å². The van der Waals surface area contributed by atoms with Crippen LogP contribution in [0.1, 0.15) is 36.9 Å². The molecule has 2 aromatic rings. The van der Waals surface area contributed by atoms with E-state index in [1.165, 1.54) is 25.1 Å². The van der Waals surface area contributed by atoms with Gasteiger partial charge in [-0.1, -0.05) is 0 Å². The van der Waals surface area contributed by atoms with Crippen LogP contribution < -0.4 is 20.7 Å². The van der Waals surface area contributed by atoms with Crippen LogP contribution in [0.25, 0.3) is 0 Å². The highest BCUT2D eigenvalue weighted by atomic mass is 19.1. The molecule has 3 heterocycles. The second kappa shape index (κ2) is 9.09. The van der Waals surface area contributed by atoms with Crippen molar-refractivity contribution in [3.63, 3.8) is 0 Å². The van der Waals surface area contributed by atoms with Crippen molar-refractivity contribution in [1.29, 1.82) is 0 Å². The van der Waals surface area contributed by atoms with E-state index in [0.717, 1.165) is 6.92 Å². The lowest BCUT2D eigenvalue weighted by Crippen LogP contribution is -2.46. The molecule has 3 atom stereocenters. The van der Waals surface area contributed by atoms with Crippen LogP contribution in [0, 0.1) is 5.82 Å². The minimum absolute atomic E-state index is 0.0588. The lowest BCUT2D eigenvalue weighted by Gasteiger charge is -2.18. The van der Waals surface area contributed by atoms with Crippen molar-refractivity contribution in [2.75, 3.05) is 13.4 Å². The van der Waals surface area contributed by atoms with Gasteiger partial charge in [0.05, 0.1) is 6.20 Å². The lowest BCUT2D eigenvalue weighted by molar-refractivity contribution is -0.155. The topological polar surface area (TPSA) is 141 Å². The molecule has 1 aromatic carbocycles. The zero-order valence-electron chi connectivity index (χ0n) is 18.0. The number of benzene rings is 1. The van der Waals surface area contributed by atoms with Crippen LogP contribution in [-0.4, -0.2) is 52.6 Å². The minimum atomic E-state index is -1.45. The van der Waals surface area contributed by atoms with Crippen LogP contribution in [0.3, 0.4) is 0 Å². The molecular formula is C21H19FN2O10. The number of hydrogen-bond donors (Lipinski definition) is 0. The Kier molecular flexibility index (Phi) is 6.20. The van der Waals surface area contributed by atoms with Crippen molar-refractivity contribution in [2.45, 2.75) is 38.7 Å². The summed E-state index contributed by atoms with van der Waals surface area (Å²) in [6, 6.07) is 3.99. The molecule has 0 spiro atoms. The third-order valence-corrected chi connectivity index (χ3v) is 5.15. The predicted octanol–water partition coefficient (Wildman–Crippen LogP) is 0.349. The first-order valence-corrected chi connectivity index (χ1v) is 10.1. The molecule has 0 amide bonds. The summed E-state index contributed by atoms with van der Waals surface area (Å²) in [6.07, 6.45) is -2.62. The number of halogens is 1. The van der Waals surface area contributed by atoms with E-state index in [1.807, 2.05) is 0 Å². The molecule has 1 saturated heterocycles. The predicted molar refractivity (Wildman–Crippen MR) is 108 cm³/mol. The fraction of sp³-hybridized carbons (Fsp3) is 0.381. The van der Waals surface area contributed by atoms with Gasteiger partial charge in [-0.05, 0) is 18.2 Å². The van der Waals surface area contributed by atoms with E-state index >= 15 is 0 Å². The number of carbonyl (C=O) groups is 3. The standard InChI is InChI=1S/C21H19FN2O10/c1-10(25)30-8-17-16(33-11(2)26)6-18(34-17)23-7-13(22)20(28)24(21(23)29)19(27)12-3-4-14-15(5-12)32-9-31-14/h3-5,7,16-18H,6,8-9H2,1-2H3/t16-,17+,18+/m0/s1. The highest BCUT2D eigenvalue weighted by molar-refractivity contribution is 5.96. The summed E-state index contributed by atoms with van der Waals surface area (Å²) in [4.78, 5) is 61.1. The van der Waals surface area contributed by atoms with Crippen LogP contribution in [0.2, 0.25) is 0 Å². The van der Waals surface area contributed by atoms with Gasteiger partial charge < -0.3 is 23.7 Å². The molecule has 2 aliphatic rings. The first kappa shape index (κ1) is 23.2. The summed E-state index contributed by atoms with van der Waals surface area (Å²) < 4.78 is 41.5. The lowest BCUT2D eigenvalue weighted by atomic mass is 10.2. The molecule has 0 radical (unpaired) electrons. The van der Waals surface area contributed by atoms with E-state index < -0.39 is 53.3 Å². The van der Waals surface area contributed by atoms with E-state index in [-0.39, 0.29) is 35.7 Å². The van der Waals surface area contributed by atoms with Crippen molar-refractivity contribution < 1.29 is 42.5 Å². The number of ether oxygens (including phenoxy) is 5. The smallest absolute Gasteiger partial charge is 0.340 e. The molecule has 12 nitrogen and oxygen atoms in total. The molecule has 34 heavy (non-hydrogen) atoms. The molecule has 1 aromatic heterocycles. The number of fused-ring (bicyclic) bond motifs is 1. The maximum atomic E-state index is 14.5. The average molecular weight is 478 g/mol. The highest BCUT2D eigenvalue weighted by Crippen LogP contribution is 2.33. The molecule has 0 N–H and O–H groups in total. The van der Waals surface area contributed by atoms with Gasteiger partial charge >= 0.3 is 17.6 Å². The van der Waals surface area contributed by atoms with Gasteiger partial charge in [-0.15, -0.1) is 0 Å². The normalized spacial score (nSPS) is 20.7. The van der Waals surface area contributed by atoms with E-state index in [1.54, 1.807) is 0 Å². The van der Waals surface area contributed by atoms with E-state index in [2.05, 4.69) is 0 Å². The molecule has 1 fully saturated rings. The Bertz CT molecular complexity index is 1280. The molecular weight excluding hydrogens is 459 g/mol. The number of nitrogens with zero attached hydrogens (tertiary/aromatic N) is 2. The second-order valence-electron chi connectivity index (χ2n) is 7.50. The molecule has 0 aliphatic carbocycles. The highest BCUT2D eigenvalue weighted by Gasteiger charge is 2.40. The number of carbonyl (C=O) groups excluding carboxylic acids is 3. The minimum Gasteiger partial charge on any atom is -0.463 e. The number of rotatable bonds is 5. The first-order chi connectivity index (χ1) is 16.2. The quantitative estimate of drug-likeness (QED) is 0.553. The molecule has 2 aliphatic heterocycles. The van der Waals surface area contributed by atoms with Gasteiger partial charge in [0.15, 0.2) is 11.5 Å².